The van der Waals surface area contributed by atoms with Crippen molar-refractivity contribution >= 4 is 41.4 Å². The molecule has 1 saturated heterocycles. The summed E-state index contributed by atoms with van der Waals surface area (Å²) in [5, 5.41) is 1.09. The molecule has 0 spiro atoms. The minimum Gasteiger partial charge on any atom is -0.492 e. The van der Waals surface area contributed by atoms with Crippen molar-refractivity contribution in [2.24, 2.45) is 5.92 Å². The van der Waals surface area contributed by atoms with Gasteiger partial charge in [-0.2, -0.15) is 0 Å². The maximum absolute atomic E-state index is 6.10. The smallest absolute Gasteiger partial charge is 0.128 e. The molecular formula is C24H31Cl2N3O. The molecule has 0 radical (unpaired) electrons. The molecule has 1 fully saturated rings. The number of hydrogen-bond donors (Lipinski definition) is 1. The van der Waals surface area contributed by atoms with Crippen molar-refractivity contribution < 1.29 is 4.74 Å². The van der Waals surface area contributed by atoms with Gasteiger partial charge >= 0.3 is 0 Å². The molecule has 3 aromatic rings. The van der Waals surface area contributed by atoms with Crippen LogP contribution in [0.5, 0.6) is 5.75 Å². The number of fused-ring (bicyclic) bond motifs is 1. The van der Waals surface area contributed by atoms with E-state index in [1.165, 1.54) is 18.4 Å². The summed E-state index contributed by atoms with van der Waals surface area (Å²) in [7, 11) is 0. The number of piperidine rings is 1. The molecule has 0 atom stereocenters. The van der Waals surface area contributed by atoms with E-state index in [1.807, 2.05) is 37.3 Å². The van der Waals surface area contributed by atoms with Crippen molar-refractivity contribution in [2.75, 3.05) is 32.0 Å². The number of hydrogen-bond acceptors (Lipinski definition) is 4. The number of aromatic nitrogens is 1. The van der Waals surface area contributed by atoms with Crippen molar-refractivity contribution in [2.45, 2.75) is 26.2 Å². The van der Waals surface area contributed by atoms with E-state index in [4.69, 9.17) is 10.5 Å². The molecule has 1 aliphatic rings. The van der Waals surface area contributed by atoms with Gasteiger partial charge in [0.25, 0.3) is 0 Å². The molecule has 0 saturated carbocycles. The lowest BCUT2D eigenvalue weighted by Gasteiger charge is -2.32. The first-order chi connectivity index (χ1) is 13.7. The Morgan fingerprint density at radius 3 is 2.57 bits per heavy atom. The number of anilines is 1. The summed E-state index contributed by atoms with van der Waals surface area (Å²) in [6.45, 7) is 6.00. The van der Waals surface area contributed by atoms with Gasteiger partial charge in [-0.15, -0.1) is 24.8 Å². The summed E-state index contributed by atoms with van der Waals surface area (Å²) in [5.74, 6) is 1.69. The third kappa shape index (κ3) is 6.24. The van der Waals surface area contributed by atoms with Crippen LogP contribution in [0, 0.1) is 12.8 Å². The number of halogens is 2. The number of rotatable bonds is 6. The summed E-state index contributed by atoms with van der Waals surface area (Å²) < 4.78 is 6.10. The third-order valence-corrected chi connectivity index (χ3v) is 5.68. The van der Waals surface area contributed by atoms with Crippen LogP contribution in [-0.2, 0) is 6.42 Å². The maximum atomic E-state index is 6.10. The van der Waals surface area contributed by atoms with E-state index in [2.05, 4.69) is 34.1 Å². The largest absolute Gasteiger partial charge is 0.492 e. The molecule has 0 aliphatic carbocycles. The van der Waals surface area contributed by atoms with E-state index in [1.54, 1.807) is 0 Å². The van der Waals surface area contributed by atoms with Gasteiger partial charge in [0.2, 0.25) is 0 Å². The van der Waals surface area contributed by atoms with E-state index >= 15 is 0 Å². The van der Waals surface area contributed by atoms with Gasteiger partial charge in [0.05, 0.1) is 5.52 Å². The fourth-order valence-electron chi connectivity index (χ4n) is 4.11. The Morgan fingerprint density at radius 2 is 1.80 bits per heavy atom. The summed E-state index contributed by atoms with van der Waals surface area (Å²) >= 11 is 0. The fraction of sp³-hybridized carbons (Fsp3) is 0.375. The highest BCUT2D eigenvalue weighted by molar-refractivity contribution is 5.86. The molecular weight excluding hydrogens is 417 g/mol. The summed E-state index contributed by atoms with van der Waals surface area (Å²) in [6, 6.07) is 18.6. The standard InChI is InChI=1S/C24H29N3O.2ClH/c1-18-8-9-22-23(26-18)6-3-7-24(22)28-15-14-27-12-10-19(11-13-27)16-20-4-2-5-21(25)17-20;;/h2-9,17,19H,10-16,25H2,1H3;2*1H. The van der Waals surface area contributed by atoms with Gasteiger partial charge < -0.3 is 10.5 Å². The van der Waals surface area contributed by atoms with Crippen LogP contribution >= 0.6 is 24.8 Å². The van der Waals surface area contributed by atoms with Gasteiger partial charge in [-0.1, -0.05) is 18.2 Å². The first-order valence-corrected chi connectivity index (χ1v) is 10.2. The molecule has 4 nitrogen and oxygen atoms in total. The van der Waals surface area contributed by atoms with Crippen LogP contribution in [0.4, 0.5) is 5.69 Å². The Morgan fingerprint density at radius 1 is 1.03 bits per heavy atom. The minimum atomic E-state index is 0. The Bertz CT molecular complexity index is 943. The van der Waals surface area contributed by atoms with Gasteiger partial charge in [-0.05, 0) is 87.2 Å². The van der Waals surface area contributed by atoms with Gasteiger partial charge in [0.1, 0.15) is 12.4 Å². The average Bonchev–Trinajstić information content (AvgIpc) is 2.69. The van der Waals surface area contributed by atoms with E-state index < -0.39 is 0 Å². The van der Waals surface area contributed by atoms with Gasteiger partial charge in [-0.3, -0.25) is 9.88 Å². The Balaban J connectivity index is 0.00000160. The average molecular weight is 448 g/mol. The molecule has 162 valence electrons. The number of ether oxygens (including phenoxy) is 1. The molecule has 6 heteroatoms. The van der Waals surface area contributed by atoms with Crippen LogP contribution in [0.25, 0.3) is 10.9 Å². The molecule has 0 amide bonds. The first-order valence-electron chi connectivity index (χ1n) is 10.2. The van der Waals surface area contributed by atoms with Crippen LogP contribution in [0.2, 0.25) is 0 Å². The number of nitrogens with zero attached hydrogens (tertiary/aromatic N) is 2. The number of nitrogens with two attached hydrogens (primary N) is 1. The predicted molar refractivity (Wildman–Crippen MR) is 130 cm³/mol. The predicted octanol–water partition coefficient (Wildman–Crippen LogP) is 5.30. The summed E-state index contributed by atoms with van der Waals surface area (Å²) in [6.07, 6.45) is 3.62. The van der Waals surface area contributed by atoms with E-state index in [0.29, 0.717) is 6.61 Å². The molecule has 4 rings (SSSR count). The lowest BCUT2D eigenvalue weighted by Crippen LogP contribution is -2.37. The maximum Gasteiger partial charge on any atom is 0.128 e. The quantitative estimate of drug-likeness (QED) is 0.520. The lowest BCUT2D eigenvalue weighted by atomic mass is 9.90. The van der Waals surface area contributed by atoms with Crippen molar-refractivity contribution in [1.82, 2.24) is 9.88 Å². The molecule has 2 heterocycles. The van der Waals surface area contributed by atoms with Crippen LogP contribution in [0.3, 0.4) is 0 Å². The molecule has 1 aliphatic heterocycles. The minimum absolute atomic E-state index is 0. The van der Waals surface area contributed by atoms with Crippen molar-refractivity contribution in [1.29, 1.82) is 0 Å². The monoisotopic (exact) mass is 447 g/mol. The number of benzene rings is 2. The van der Waals surface area contributed by atoms with E-state index in [0.717, 1.165) is 60.0 Å². The van der Waals surface area contributed by atoms with Crippen molar-refractivity contribution in [3.63, 3.8) is 0 Å². The lowest BCUT2D eigenvalue weighted by molar-refractivity contribution is 0.155. The Hall–Kier alpha value is -2.01. The third-order valence-electron chi connectivity index (χ3n) is 5.68. The zero-order chi connectivity index (χ0) is 19.3. The Kier molecular flexibility index (Phi) is 9.22. The van der Waals surface area contributed by atoms with Crippen LogP contribution in [-0.4, -0.2) is 36.1 Å². The van der Waals surface area contributed by atoms with Crippen LogP contribution in [0.15, 0.2) is 54.6 Å². The molecule has 30 heavy (non-hydrogen) atoms. The normalized spacial score (nSPS) is 14.7. The molecule has 1 aromatic heterocycles. The van der Waals surface area contributed by atoms with Crippen LogP contribution < -0.4 is 10.5 Å². The summed E-state index contributed by atoms with van der Waals surface area (Å²) in [5.41, 5.74) is 10.2. The molecule has 0 bridgehead atoms. The molecule has 2 N–H and O–H groups in total. The molecule has 0 unspecified atom stereocenters. The zero-order valence-corrected chi connectivity index (χ0v) is 19.1. The Labute approximate surface area is 191 Å². The summed E-state index contributed by atoms with van der Waals surface area (Å²) in [4.78, 5) is 7.10. The van der Waals surface area contributed by atoms with E-state index in [9.17, 15) is 0 Å². The van der Waals surface area contributed by atoms with Gasteiger partial charge in [0.15, 0.2) is 0 Å². The SMILES string of the molecule is Cc1ccc2c(OCCN3CCC(Cc4cccc(N)c4)CC3)cccc2n1.Cl.Cl. The fourth-order valence-corrected chi connectivity index (χ4v) is 4.11. The second-order valence-electron chi connectivity index (χ2n) is 7.86. The second kappa shape index (κ2) is 11.4. The van der Waals surface area contributed by atoms with Crippen molar-refractivity contribution in [3.8, 4) is 5.75 Å². The number of nitrogen functional groups attached to an aromatic ring is 1. The highest BCUT2D eigenvalue weighted by Crippen LogP contribution is 2.25. The van der Waals surface area contributed by atoms with Crippen LogP contribution in [0.1, 0.15) is 24.1 Å². The molecule has 2 aromatic carbocycles. The van der Waals surface area contributed by atoms with E-state index in [-0.39, 0.29) is 24.8 Å². The first kappa shape index (κ1) is 24.3. The van der Waals surface area contributed by atoms with Gasteiger partial charge in [0, 0.05) is 23.3 Å². The van der Waals surface area contributed by atoms with Gasteiger partial charge in [-0.25, -0.2) is 0 Å². The number of likely N-dealkylation sites (tertiary alicyclic amines) is 1. The highest BCUT2D eigenvalue weighted by Gasteiger charge is 2.19. The number of aryl methyl sites for hydroxylation is 1. The topological polar surface area (TPSA) is 51.4 Å². The number of pyridine rings is 1. The van der Waals surface area contributed by atoms with Crippen molar-refractivity contribution in [3.05, 3.63) is 65.9 Å². The highest BCUT2D eigenvalue weighted by atomic mass is 35.5. The second-order valence-corrected chi connectivity index (χ2v) is 7.86. The zero-order valence-electron chi connectivity index (χ0n) is 17.4.